The van der Waals surface area contributed by atoms with E-state index in [0.29, 0.717) is 0 Å². The summed E-state index contributed by atoms with van der Waals surface area (Å²) in [5.74, 6) is -1.70. The number of esters is 1. The number of nitriles is 1. The average molecular weight is 212 g/mol. The highest BCUT2D eigenvalue weighted by atomic mass is 16.5. The van der Waals surface area contributed by atoms with Gasteiger partial charge in [0.15, 0.2) is 5.57 Å². The number of rotatable bonds is 3. The summed E-state index contributed by atoms with van der Waals surface area (Å²) in [5, 5.41) is 18.0. The van der Waals surface area contributed by atoms with E-state index in [0.717, 1.165) is 12.0 Å². The first-order valence-electron chi connectivity index (χ1n) is 4.06. The molecular formula is C9H12N2O4. The Morgan fingerprint density at radius 3 is 2.40 bits per heavy atom. The van der Waals surface area contributed by atoms with Crippen LogP contribution in [-0.4, -0.2) is 42.6 Å². The molecule has 0 aliphatic rings. The van der Waals surface area contributed by atoms with Crippen molar-refractivity contribution in [3.05, 3.63) is 11.3 Å². The van der Waals surface area contributed by atoms with Crippen LogP contribution in [0.25, 0.3) is 0 Å². The van der Waals surface area contributed by atoms with Gasteiger partial charge in [0, 0.05) is 14.0 Å². The third-order valence-electron chi connectivity index (χ3n) is 1.71. The summed E-state index contributed by atoms with van der Waals surface area (Å²) in [6, 6.07) is 1.51. The predicted molar refractivity (Wildman–Crippen MR) is 50.6 cm³/mol. The molecule has 1 N–H and O–H groups in total. The molecule has 15 heavy (non-hydrogen) atoms. The molecule has 1 amide bonds. The van der Waals surface area contributed by atoms with Crippen LogP contribution in [0.3, 0.4) is 0 Å². The molecule has 0 unspecified atom stereocenters. The zero-order chi connectivity index (χ0) is 12.0. The molecule has 0 heterocycles. The highest BCUT2D eigenvalue weighted by molar-refractivity contribution is 5.93. The van der Waals surface area contributed by atoms with E-state index in [2.05, 4.69) is 4.74 Å². The Kier molecular flexibility index (Phi) is 4.88. The number of nitrogens with zero attached hydrogens (tertiary/aromatic N) is 2. The fourth-order valence-electron chi connectivity index (χ4n) is 0.745. The Balaban J connectivity index is 4.84. The van der Waals surface area contributed by atoms with Crippen molar-refractivity contribution in [2.24, 2.45) is 0 Å². The van der Waals surface area contributed by atoms with Crippen molar-refractivity contribution in [3.63, 3.8) is 0 Å². The number of hydrogen-bond acceptors (Lipinski definition) is 5. The van der Waals surface area contributed by atoms with Gasteiger partial charge in [-0.3, -0.25) is 4.79 Å². The molecule has 0 bridgehead atoms. The highest BCUT2D eigenvalue weighted by Gasteiger charge is 2.17. The van der Waals surface area contributed by atoms with E-state index < -0.39 is 17.3 Å². The molecular weight excluding hydrogens is 200 g/mol. The van der Waals surface area contributed by atoms with Crippen LogP contribution in [-0.2, 0) is 14.3 Å². The van der Waals surface area contributed by atoms with Crippen LogP contribution in [0.15, 0.2) is 11.3 Å². The summed E-state index contributed by atoms with van der Waals surface area (Å²) in [6.07, 6.45) is 0. The molecule has 6 heteroatoms. The monoisotopic (exact) mass is 212 g/mol. The molecule has 0 aromatic carbocycles. The second kappa shape index (κ2) is 5.65. The molecule has 0 atom stereocenters. The number of methoxy groups -OCH3 is 1. The predicted octanol–water partition coefficient (Wildman–Crippen LogP) is -0.0266. The van der Waals surface area contributed by atoms with Gasteiger partial charge in [0.1, 0.15) is 11.8 Å². The highest BCUT2D eigenvalue weighted by Crippen LogP contribution is 2.04. The van der Waals surface area contributed by atoms with E-state index in [9.17, 15) is 14.7 Å². The number of aliphatic hydroxyl groups excluding tert-OH is 1. The molecule has 0 aliphatic heterocycles. The van der Waals surface area contributed by atoms with Crippen molar-refractivity contribution in [1.29, 1.82) is 5.26 Å². The quantitative estimate of drug-likeness (QED) is 0.307. The number of ether oxygens (including phenoxy) is 1. The molecule has 0 aromatic heterocycles. The van der Waals surface area contributed by atoms with E-state index in [1.54, 1.807) is 0 Å². The third-order valence-corrected chi connectivity index (χ3v) is 1.71. The van der Waals surface area contributed by atoms with Crippen molar-refractivity contribution >= 4 is 11.9 Å². The molecule has 0 spiro atoms. The van der Waals surface area contributed by atoms with Crippen LogP contribution in [0.5, 0.6) is 0 Å². The Morgan fingerprint density at radius 2 is 2.07 bits per heavy atom. The number of likely N-dealkylation sites (N-methyl/N-ethyl adjacent to an activating group) is 1. The SMILES string of the molecule is COC(=O)/C(C#N)=C(/O)CN(C)C(C)=O. The van der Waals surface area contributed by atoms with Crippen LogP contribution < -0.4 is 0 Å². The maximum absolute atomic E-state index is 11.0. The van der Waals surface area contributed by atoms with E-state index in [1.165, 1.54) is 20.0 Å². The van der Waals surface area contributed by atoms with E-state index >= 15 is 0 Å². The molecule has 0 aliphatic carbocycles. The van der Waals surface area contributed by atoms with Crippen LogP contribution in [0, 0.1) is 11.3 Å². The van der Waals surface area contributed by atoms with Gasteiger partial charge in [-0.1, -0.05) is 0 Å². The first-order chi connectivity index (χ1) is 6.93. The van der Waals surface area contributed by atoms with Gasteiger partial charge >= 0.3 is 5.97 Å². The Bertz CT molecular complexity index is 341. The third kappa shape index (κ3) is 3.68. The Morgan fingerprint density at radius 1 is 1.53 bits per heavy atom. The summed E-state index contributed by atoms with van der Waals surface area (Å²) in [7, 11) is 2.53. The molecule has 82 valence electrons. The fourth-order valence-corrected chi connectivity index (χ4v) is 0.745. The average Bonchev–Trinajstić information content (AvgIpc) is 2.18. The number of aliphatic hydroxyl groups is 1. The van der Waals surface area contributed by atoms with E-state index in [-0.39, 0.29) is 12.5 Å². The van der Waals surface area contributed by atoms with E-state index in [1.807, 2.05) is 0 Å². The van der Waals surface area contributed by atoms with Gasteiger partial charge in [0.05, 0.1) is 13.7 Å². The van der Waals surface area contributed by atoms with Crippen LogP contribution in [0.1, 0.15) is 6.92 Å². The van der Waals surface area contributed by atoms with Gasteiger partial charge in [-0.2, -0.15) is 5.26 Å². The molecule has 6 nitrogen and oxygen atoms in total. The zero-order valence-corrected chi connectivity index (χ0v) is 8.77. The van der Waals surface area contributed by atoms with Crippen LogP contribution in [0.4, 0.5) is 0 Å². The lowest BCUT2D eigenvalue weighted by atomic mass is 10.2. The Hall–Kier alpha value is -2.03. The first kappa shape index (κ1) is 13.0. The molecule has 0 fully saturated rings. The topological polar surface area (TPSA) is 90.6 Å². The summed E-state index contributed by atoms with van der Waals surface area (Å²) < 4.78 is 4.28. The molecule has 0 radical (unpaired) electrons. The lowest BCUT2D eigenvalue weighted by Crippen LogP contribution is -2.27. The summed E-state index contributed by atoms with van der Waals surface area (Å²) in [6.45, 7) is 1.10. The summed E-state index contributed by atoms with van der Waals surface area (Å²) >= 11 is 0. The lowest BCUT2D eigenvalue weighted by Gasteiger charge is -2.14. The van der Waals surface area contributed by atoms with Gasteiger partial charge in [0.2, 0.25) is 5.91 Å². The second-order valence-electron chi connectivity index (χ2n) is 2.80. The van der Waals surface area contributed by atoms with Gasteiger partial charge in [-0.25, -0.2) is 4.79 Å². The standard InChI is InChI=1S/C9H12N2O4/c1-6(12)11(2)5-8(13)7(4-10)9(14)15-3/h13H,5H2,1-3H3/b8-7+. The number of carbonyl (C=O) groups excluding carboxylic acids is 2. The number of hydrogen-bond donors (Lipinski definition) is 1. The molecule has 0 aromatic rings. The minimum absolute atomic E-state index is 0.201. The van der Waals surface area contributed by atoms with Crippen LogP contribution >= 0.6 is 0 Å². The van der Waals surface area contributed by atoms with Crippen molar-refractivity contribution in [2.45, 2.75) is 6.92 Å². The minimum Gasteiger partial charge on any atom is -0.509 e. The second-order valence-corrected chi connectivity index (χ2v) is 2.80. The largest absolute Gasteiger partial charge is 0.509 e. The van der Waals surface area contributed by atoms with E-state index in [4.69, 9.17) is 5.26 Å². The summed E-state index contributed by atoms with van der Waals surface area (Å²) in [4.78, 5) is 23.0. The maximum Gasteiger partial charge on any atom is 0.352 e. The van der Waals surface area contributed by atoms with Crippen molar-refractivity contribution in [1.82, 2.24) is 4.90 Å². The van der Waals surface area contributed by atoms with Gasteiger partial charge in [-0.05, 0) is 0 Å². The fraction of sp³-hybridized carbons (Fsp3) is 0.444. The van der Waals surface area contributed by atoms with Gasteiger partial charge < -0.3 is 14.7 Å². The van der Waals surface area contributed by atoms with Gasteiger partial charge in [0.25, 0.3) is 0 Å². The summed E-state index contributed by atoms with van der Waals surface area (Å²) in [5.41, 5.74) is -0.495. The number of amides is 1. The molecule has 0 saturated carbocycles. The lowest BCUT2D eigenvalue weighted by molar-refractivity contribution is -0.136. The normalized spacial score (nSPS) is 11.1. The molecule has 0 saturated heterocycles. The Labute approximate surface area is 87.4 Å². The minimum atomic E-state index is -0.924. The van der Waals surface area contributed by atoms with Crippen LogP contribution in [0.2, 0.25) is 0 Å². The number of carbonyl (C=O) groups is 2. The first-order valence-corrected chi connectivity index (χ1v) is 4.06. The molecule has 0 rings (SSSR count). The zero-order valence-electron chi connectivity index (χ0n) is 8.77. The van der Waals surface area contributed by atoms with Crippen molar-refractivity contribution in [2.75, 3.05) is 20.7 Å². The van der Waals surface area contributed by atoms with Crippen molar-refractivity contribution in [3.8, 4) is 6.07 Å². The smallest absolute Gasteiger partial charge is 0.352 e. The maximum atomic E-state index is 11.0. The van der Waals surface area contributed by atoms with Gasteiger partial charge in [-0.15, -0.1) is 0 Å². The van der Waals surface area contributed by atoms with Crippen molar-refractivity contribution < 1.29 is 19.4 Å².